The topological polar surface area (TPSA) is 84.9 Å². The van der Waals surface area contributed by atoms with E-state index in [9.17, 15) is 17.6 Å². The third-order valence-electron chi connectivity index (χ3n) is 6.08. The maximum absolute atomic E-state index is 13.9. The molecule has 0 saturated carbocycles. The van der Waals surface area contributed by atoms with Crippen LogP contribution in [0.1, 0.15) is 44.9 Å². The van der Waals surface area contributed by atoms with Gasteiger partial charge in [0.15, 0.2) is 11.5 Å². The monoisotopic (exact) mass is 562 g/mol. The van der Waals surface area contributed by atoms with Crippen molar-refractivity contribution < 1.29 is 27.1 Å². The molecule has 0 spiro atoms. The summed E-state index contributed by atoms with van der Waals surface area (Å²) in [6, 6.07) is 15.0. The third-order valence-corrected chi connectivity index (χ3v) is 8.14. The summed E-state index contributed by atoms with van der Waals surface area (Å²) in [5.41, 5.74) is 2.04. The Hall–Kier alpha value is -3.30. The van der Waals surface area contributed by atoms with Crippen LogP contribution in [0.2, 0.25) is 5.02 Å². The van der Waals surface area contributed by atoms with Gasteiger partial charge >= 0.3 is 0 Å². The minimum absolute atomic E-state index is 0.0134. The number of anilines is 1. The lowest BCUT2D eigenvalue weighted by Gasteiger charge is -2.26. The standard InChI is InChI=1S/C28H32ClFN2O5S/c1-18(19-7-9-20(10-8-19)28(2,3)4)31-27(33)17-32(21-11-13-24(30)23(29)15-21)38(34,35)22-12-14-25(36-5)26(16-22)37-6/h7-16,18H,17H2,1-6H3,(H,31,33). The van der Waals surface area contributed by atoms with Crippen LogP contribution in [-0.4, -0.2) is 35.1 Å². The van der Waals surface area contributed by atoms with E-state index in [0.717, 1.165) is 27.6 Å². The largest absolute Gasteiger partial charge is 0.493 e. The number of carbonyl (C=O) groups excluding carboxylic acids is 1. The van der Waals surface area contributed by atoms with Gasteiger partial charge in [0.05, 0.1) is 35.9 Å². The fraction of sp³-hybridized carbons (Fsp3) is 0.321. The average Bonchev–Trinajstić information content (AvgIpc) is 2.87. The van der Waals surface area contributed by atoms with Crippen molar-refractivity contribution in [3.05, 3.63) is 82.6 Å². The fourth-order valence-corrected chi connectivity index (χ4v) is 5.44. The van der Waals surface area contributed by atoms with Gasteiger partial charge in [-0.15, -0.1) is 0 Å². The van der Waals surface area contributed by atoms with Gasteiger partial charge in [0.2, 0.25) is 5.91 Å². The van der Waals surface area contributed by atoms with E-state index in [2.05, 4.69) is 26.1 Å². The highest BCUT2D eigenvalue weighted by Gasteiger charge is 2.29. The minimum Gasteiger partial charge on any atom is -0.493 e. The Balaban J connectivity index is 1.93. The molecule has 0 radical (unpaired) electrons. The van der Waals surface area contributed by atoms with Crippen LogP contribution < -0.4 is 19.1 Å². The zero-order valence-corrected chi connectivity index (χ0v) is 23.8. The number of halogens is 2. The van der Waals surface area contributed by atoms with Crippen LogP contribution in [0.25, 0.3) is 0 Å². The molecule has 3 rings (SSSR count). The predicted molar refractivity (Wildman–Crippen MR) is 147 cm³/mol. The van der Waals surface area contributed by atoms with Gasteiger partial charge in [-0.2, -0.15) is 0 Å². The third kappa shape index (κ3) is 6.57. The van der Waals surface area contributed by atoms with E-state index in [1.54, 1.807) is 0 Å². The molecule has 0 bridgehead atoms. The molecule has 3 aromatic rings. The number of nitrogens with one attached hydrogen (secondary N) is 1. The Morgan fingerprint density at radius 3 is 2.18 bits per heavy atom. The maximum Gasteiger partial charge on any atom is 0.264 e. The number of methoxy groups -OCH3 is 2. The first-order valence-electron chi connectivity index (χ1n) is 11.9. The molecule has 1 unspecified atom stereocenters. The molecule has 1 amide bonds. The Morgan fingerprint density at radius 1 is 1.00 bits per heavy atom. The molecule has 1 N–H and O–H groups in total. The second-order valence-electron chi connectivity index (χ2n) is 9.79. The van der Waals surface area contributed by atoms with E-state index in [0.29, 0.717) is 5.75 Å². The van der Waals surface area contributed by atoms with Crippen molar-refractivity contribution in [3.63, 3.8) is 0 Å². The highest BCUT2D eigenvalue weighted by Crippen LogP contribution is 2.33. The smallest absolute Gasteiger partial charge is 0.264 e. The molecule has 0 saturated heterocycles. The quantitative estimate of drug-likeness (QED) is 0.353. The van der Waals surface area contributed by atoms with Gasteiger partial charge in [-0.1, -0.05) is 56.6 Å². The summed E-state index contributed by atoms with van der Waals surface area (Å²) >= 11 is 5.95. The predicted octanol–water partition coefficient (Wildman–Crippen LogP) is 5.87. The fourth-order valence-electron chi connectivity index (χ4n) is 3.83. The summed E-state index contributed by atoms with van der Waals surface area (Å²) in [5, 5.41) is 2.57. The SMILES string of the molecule is COc1ccc(S(=O)(=O)N(CC(=O)NC(C)c2ccc(C(C)(C)C)cc2)c2ccc(F)c(Cl)c2)cc1OC. The number of hydrogen-bond donors (Lipinski definition) is 1. The van der Waals surface area contributed by atoms with Crippen molar-refractivity contribution in [1.82, 2.24) is 5.32 Å². The Kier molecular flexibility index (Phi) is 8.94. The number of nitrogens with zero attached hydrogens (tertiary/aromatic N) is 1. The minimum atomic E-state index is -4.30. The molecule has 0 fully saturated rings. The molecule has 0 heterocycles. The first-order valence-corrected chi connectivity index (χ1v) is 13.7. The van der Waals surface area contributed by atoms with Gasteiger partial charge in [-0.05, 0) is 53.8 Å². The summed E-state index contributed by atoms with van der Waals surface area (Å²) in [6.45, 7) is 7.59. The number of benzene rings is 3. The summed E-state index contributed by atoms with van der Waals surface area (Å²) in [5.74, 6) is -0.730. The van der Waals surface area contributed by atoms with Crippen molar-refractivity contribution in [1.29, 1.82) is 0 Å². The van der Waals surface area contributed by atoms with E-state index < -0.39 is 28.3 Å². The number of carbonyl (C=O) groups is 1. The molecule has 0 aliphatic carbocycles. The van der Waals surface area contributed by atoms with E-state index in [1.165, 1.54) is 38.5 Å². The van der Waals surface area contributed by atoms with Crippen LogP contribution in [0, 0.1) is 5.82 Å². The molecule has 10 heteroatoms. The van der Waals surface area contributed by atoms with Gasteiger partial charge in [0, 0.05) is 6.07 Å². The number of hydrogen-bond acceptors (Lipinski definition) is 5. The summed E-state index contributed by atoms with van der Waals surface area (Å²) in [6.07, 6.45) is 0. The first-order chi connectivity index (χ1) is 17.8. The van der Waals surface area contributed by atoms with Gasteiger partial charge < -0.3 is 14.8 Å². The van der Waals surface area contributed by atoms with Crippen LogP contribution in [0.15, 0.2) is 65.6 Å². The molecule has 0 aliphatic rings. The van der Waals surface area contributed by atoms with Crippen LogP contribution in [0.4, 0.5) is 10.1 Å². The Morgan fingerprint density at radius 2 is 1.63 bits per heavy atom. The first kappa shape index (κ1) is 29.3. The lowest BCUT2D eigenvalue weighted by Crippen LogP contribution is -2.41. The lowest BCUT2D eigenvalue weighted by molar-refractivity contribution is -0.120. The van der Waals surface area contributed by atoms with Gasteiger partial charge in [-0.3, -0.25) is 9.10 Å². The van der Waals surface area contributed by atoms with Crippen LogP contribution in [0.3, 0.4) is 0 Å². The molecule has 3 aromatic carbocycles. The zero-order chi connectivity index (χ0) is 28.3. The maximum atomic E-state index is 13.9. The van der Waals surface area contributed by atoms with Gasteiger partial charge in [0.1, 0.15) is 12.4 Å². The molecule has 0 aliphatic heterocycles. The molecular formula is C28H32ClFN2O5S. The second kappa shape index (κ2) is 11.6. The average molecular weight is 563 g/mol. The molecular weight excluding hydrogens is 531 g/mol. The normalized spacial score (nSPS) is 12.5. The molecule has 0 aromatic heterocycles. The van der Waals surface area contributed by atoms with Crippen molar-refractivity contribution in [2.75, 3.05) is 25.1 Å². The van der Waals surface area contributed by atoms with E-state index in [4.69, 9.17) is 21.1 Å². The van der Waals surface area contributed by atoms with Crippen molar-refractivity contribution >= 4 is 33.2 Å². The van der Waals surface area contributed by atoms with E-state index in [-0.39, 0.29) is 32.8 Å². The highest BCUT2D eigenvalue weighted by atomic mass is 35.5. The van der Waals surface area contributed by atoms with Crippen LogP contribution >= 0.6 is 11.6 Å². The molecule has 1 atom stereocenters. The van der Waals surface area contributed by atoms with Crippen molar-refractivity contribution in [3.8, 4) is 11.5 Å². The number of rotatable bonds is 9. The van der Waals surface area contributed by atoms with E-state index >= 15 is 0 Å². The molecule has 38 heavy (non-hydrogen) atoms. The number of amides is 1. The van der Waals surface area contributed by atoms with Crippen molar-refractivity contribution in [2.24, 2.45) is 0 Å². The lowest BCUT2D eigenvalue weighted by atomic mass is 9.86. The zero-order valence-electron chi connectivity index (χ0n) is 22.2. The highest BCUT2D eigenvalue weighted by molar-refractivity contribution is 7.92. The van der Waals surface area contributed by atoms with Gasteiger partial charge in [0.25, 0.3) is 10.0 Å². The van der Waals surface area contributed by atoms with Gasteiger partial charge in [-0.25, -0.2) is 12.8 Å². The molecule has 7 nitrogen and oxygen atoms in total. The summed E-state index contributed by atoms with van der Waals surface area (Å²) in [4.78, 5) is 13.0. The van der Waals surface area contributed by atoms with Crippen molar-refractivity contribution in [2.45, 2.75) is 44.0 Å². The Labute approximate surface area is 228 Å². The summed E-state index contributed by atoms with van der Waals surface area (Å²) < 4.78 is 52.7. The van der Waals surface area contributed by atoms with Crippen LogP contribution in [-0.2, 0) is 20.2 Å². The molecule has 204 valence electrons. The van der Waals surface area contributed by atoms with Crippen LogP contribution in [0.5, 0.6) is 11.5 Å². The number of sulfonamides is 1. The number of ether oxygens (including phenoxy) is 2. The Bertz CT molecular complexity index is 1410. The van der Waals surface area contributed by atoms with E-state index in [1.807, 2.05) is 31.2 Å². The second-order valence-corrected chi connectivity index (χ2v) is 12.1. The summed E-state index contributed by atoms with van der Waals surface area (Å²) in [7, 11) is -1.49.